The molecule has 1 aliphatic heterocycles. The maximum Gasteiger partial charge on any atom is 0.265 e. The summed E-state index contributed by atoms with van der Waals surface area (Å²) in [4.78, 5) is 31.7. The second kappa shape index (κ2) is 9.38. The zero-order chi connectivity index (χ0) is 23.6. The summed E-state index contributed by atoms with van der Waals surface area (Å²) in [5.74, 6) is -0.885. The van der Waals surface area contributed by atoms with Gasteiger partial charge in [0.1, 0.15) is 15.6 Å². The summed E-state index contributed by atoms with van der Waals surface area (Å²) in [5, 5.41) is 0.604. The van der Waals surface area contributed by atoms with Crippen LogP contribution in [0.2, 0.25) is 0 Å². The van der Waals surface area contributed by atoms with Gasteiger partial charge in [-0.25, -0.2) is 13.4 Å². The number of aryl methyl sites for hydroxylation is 1. The summed E-state index contributed by atoms with van der Waals surface area (Å²) < 4.78 is 28.8. The lowest BCUT2D eigenvalue weighted by atomic mass is 10.2. The van der Waals surface area contributed by atoms with Crippen LogP contribution in [0.4, 0.5) is 0 Å². The van der Waals surface area contributed by atoms with E-state index in [1.807, 2.05) is 30.3 Å². The zero-order valence-electron chi connectivity index (χ0n) is 17.9. The number of benzene rings is 1. The van der Waals surface area contributed by atoms with Crippen LogP contribution in [-0.4, -0.2) is 65.2 Å². The quantitative estimate of drug-likeness (QED) is 0.569. The SMILES string of the molecule is Cn1cc(S(=O)(=O)N2CCN(C(=O)c3cccnc3Sc3ccccc3)CC2)cc1C(N)=O. The van der Waals surface area contributed by atoms with Gasteiger partial charge in [-0.1, -0.05) is 30.0 Å². The van der Waals surface area contributed by atoms with Crippen molar-refractivity contribution in [3.63, 3.8) is 0 Å². The number of primary amides is 1. The first kappa shape index (κ1) is 23.0. The summed E-state index contributed by atoms with van der Waals surface area (Å²) in [7, 11) is -2.25. The maximum atomic E-state index is 13.2. The fraction of sp³-hybridized carbons (Fsp3) is 0.227. The first-order valence-electron chi connectivity index (χ1n) is 10.2. The van der Waals surface area contributed by atoms with Crippen molar-refractivity contribution in [2.24, 2.45) is 12.8 Å². The van der Waals surface area contributed by atoms with E-state index in [1.165, 1.54) is 32.9 Å². The molecule has 0 radical (unpaired) electrons. The number of rotatable bonds is 6. The average molecular weight is 486 g/mol. The molecule has 3 heterocycles. The lowest BCUT2D eigenvalue weighted by Gasteiger charge is -2.34. The number of nitrogens with zero attached hydrogens (tertiary/aromatic N) is 4. The van der Waals surface area contributed by atoms with Gasteiger partial charge in [0.25, 0.3) is 11.8 Å². The number of nitrogens with two attached hydrogens (primary N) is 1. The Morgan fingerprint density at radius 3 is 2.36 bits per heavy atom. The molecule has 9 nitrogen and oxygen atoms in total. The first-order chi connectivity index (χ1) is 15.8. The molecule has 33 heavy (non-hydrogen) atoms. The molecule has 0 saturated carbocycles. The molecule has 0 bridgehead atoms. The average Bonchev–Trinajstić information content (AvgIpc) is 3.23. The van der Waals surface area contributed by atoms with E-state index in [-0.39, 0.29) is 42.7 Å². The molecule has 0 aliphatic carbocycles. The van der Waals surface area contributed by atoms with Crippen LogP contribution in [0.15, 0.2) is 75.7 Å². The number of pyridine rings is 1. The number of aromatic nitrogens is 2. The summed E-state index contributed by atoms with van der Waals surface area (Å²) in [6, 6.07) is 14.4. The van der Waals surface area contributed by atoms with Gasteiger partial charge in [0, 0.05) is 50.5 Å². The van der Waals surface area contributed by atoms with Crippen molar-refractivity contribution in [1.29, 1.82) is 0 Å². The number of amides is 2. The molecule has 1 aromatic carbocycles. The number of piperazine rings is 1. The first-order valence-corrected chi connectivity index (χ1v) is 12.5. The van der Waals surface area contributed by atoms with E-state index in [4.69, 9.17) is 5.73 Å². The fourth-order valence-corrected chi connectivity index (χ4v) is 6.00. The van der Waals surface area contributed by atoms with Gasteiger partial charge in [-0.3, -0.25) is 9.59 Å². The summed E-state index contributed by atoms with van der Waals surface area (Å²) in [6.07, 6.45) is 3.02. The van der Waals surface area contributed by atoms with Crippen LogP contribution in [-0.2, 0) is 17.1 Å². The topological polar surface area (TPSA) is 119 Å². The molecule has 11 heteroatoms. The number of carbonyl (C=O) groups excluding carboxylic acids is 2. The normalized spacial score (nSPS) is 14.9. The molecule has 4 rings (SSSR count). The smallest absolute Gasteiger partial charge is 0.265 e. The number of sulfonamides is 1. The molecule has 1 saturated heterocycles. The molecule has 172 valence electrons. The molecule has 2 N–H and O–H groups in total. The summed E-state index contributed by atoms with van der Waals surface area (Å²) >= 11 is 1.41. The van der Waals surface area contributed by atoms with Gasteiger partial charge in [-0.05, 0) is 30.3 Å². The van der Waals surface area contributed by atoms with E-state index in [0.717, 1.165) is 4.90 Å². The van der Waals surface area contributed by atoms with E-state index in [9.17, 15) is 18.0 Å². The van der Waals surface area contributed by atoms with E-state index in [1.54, 1.807) is 30.3 Å². The van der Waals surface area contributed by atoms with Gasteiger partial charge in [0.2, 0.25) is 10.0 Å². The second-order valence-corrected chi connectivity index (χ2v) is 10.5. The molecule has 0 unspecified atom stereocenters. The number of carbonyl (C=O) groups is 2. The van der Waals surface area contributed by atoms with Gasteiger partial charge in [-0.15, -0.1) is 0 Å². The minimum absolute atomic E-state index is 0.00684. The van der Waals surface area contributed by atoms with Crippen molar-refractivity contribution in [3.8, 4) is 0 Å². The van der Waals surface area contributed by atoms with Crippen LogP contribution in [0.1, 0.15) is 20.8 Å². The molecule has 3 aromatic rings. The van der Waals surface area contributed by atoms with Gasteiger partial charge < -0.3 is 15.2 Å². The van der Waals surface area contributed by atoms with Crippen molar-refractivity contribution >= 4 is 33.6 Å². The van der Waals surface area contributed by atoms with Gasteiger partial charge in [0.05, 0.1) is 5.56 Å². The Bertz CT molecular complexity index is 1280. The van der Waals surface area contributed by atoms with Crippen molar-refractivity contribution in [1.82, 2.24) is 18.8 Å². The Kier molecular flexibility index (Phi) is 6.54. The van der Waals surface area contributed by atoms with Crippen molar-refractivity contribution in [2.45, 2.75) is 14.8 Å². The maximum absolute atomic E-state index is 13.2. The highest BCUT2D eigenvalue weighted by Gasteiger charge is 2.32. The highest BCUT2D eigenvalue weighted by Crippen LogP contribution is 2.29. The lowest BCUT2D eigenvalue weighted by Crippen LogP contribution is -2.50. The standard InChI is InChI=1S/C22H23N5O4S2/c1-25-15-17(14-19(25)20(23)28)33(30,31)27-12-10-26(11-13-27)22(29)18-8-5-9-24-21(18)32-16-6-3-2-4-7-16/h2-9,14-15H,10-13H2,1H3,(H2,23,28). The Morgan fingerprint density at radius 1 is 1.03 bits per heavy atom. The van der Waals surface area contributed by atoms with E-state index in [2.05, 4.69) is 4.98 Å². The van der Waals surface area contributed by atoms with Crippen LogP contribution < -0.4 is 5.73 Å². The van der Waals surface area contributed by atoms with E-state index < -0.39 is 15.9 Å². The Hall–Kier alpha value is -3.15. The summed E-state index contributed by atoms with van der Waals surface area (Å²) in [6.45, 7) is 0.794. The third-order valence-electron chi connectivity index (χ3n) is 5.36. The molecule has 0 spiro atoms. The minimum Gasteiger partial charge on any atom is -0.364 e. The Balaban J connectivity index is 1.47. The minimum atomic E-state index is -3.81. The largest absolute Gasteiger partial charge is 0.364 e. The Morgan fingerprint density at radius 2 is 1.73 bits per heavy atom. The zero-order valence-corrected chi connectivity index (χ0v) is 19.6. The van der Waals surface area contributed by atoms with Crippen LogP contribution in [0.5, 0.6) is 0 Å². The van der Waals surface area contributed by atoms with Crippen LogP contribution >= 0.6 is 11.8 Å². The van der Waals surface area contributed by atoms with E-state index >= 15 is 0 Å². The Labute approximate surface area is 196 Å². The number of hydrogen-bond acceptors (Lipinski definition) is 6. The predicted octanol–water partition coefficient (Wildman–Crippen LogP) is 1.82. The second-order valence-electron chi connectivity index (χ2n) is 7.50. The molecule has 0 atom stereocenters. The van der Waals surface area contributed by atoms with Crippen LogP contribution in [0, 0.1) is 0 Å². The molecule has 1 fully saturated rings. The third kappa shape index (κ3) is 4.80. The highest BCUT2D eigenvalue weighted by atomic mass is 32.2. The van der Waals surface area contributed by atoms with Gasteiger partial charge in [0.15, 0.2) is 0 Å². The number of hydrogen-bond donors (Lipinski definition) is 1. The summed E-state index contributed by atoms with van der Waals surface area (Å²) in [5.41, 5.74) is 5.89. The molecule has 1 aliphatic rings. The molecular formula is C22H23N5O4S2. The van der Waals surface area contributed by atoms with Crippen LogP contribution in [0.25, 0.3) is 0 Å². The van der Waals surface area contributed by atoms with Crippen molar-refractivity contribution < 1.29 is 18.0 Å². The van der Waals surface area contributed by atoms with Crippen molar-refractivity contribution in [2.75, 3.05) is 26.2 Å². The van der Waals surface area contributed by atoms with Gasteiger partial charge in [-0.2, -0.15) is 4.31 Å². The van der Waals surface area contributed by atoms with Gasteiger partial charge >= 0.3 is 0 Å². The molecular weight excluding hydrogens is 462 g/mol. The predicted molar refractivity (Wildman–Crippen MR) is 123 cm³/mol. The van der Waals surface area contributed by atoms with Crippen molar-refractivity contribution in [3.05, 3.63) is 72.2 Å². The molecule has 2 amide bonds. The molecule has 2 aromatic heterocycles. The van der Waals surface area contributed by atoms with E-state index in [0.29, 0.717) is 10.6 Å². The monoisotopic (exact) mass is 485 g/mol. The highest BCUT2D eigenvalue weighted by molar-refractivity contribution is 7.99. The lowest BCUT2D eigenvalue weighted by molar-refractivity contribution is 0.0693. The fourth-order valence-electron chi connectivity index (χ4n) is 3.61. The third-order valence-corrected chi connectivity index (χ3v) is 8.25. The van der Waals surface area contributed by atoms with Crippen LogP contribution in [0.3, 0.4) is 0 Å².